The molecule has 2 fully saturated rings. The van der Waals surface area contributed by atoms with E-state index in [0.717, 1.165) is 45.4 Å². The summed E-state index contributed by atoms with van der Waals surface area (Å²) in [4.78, 5) is 14.2. The normalized spacial score (nSPS) is 25.1. The number of nitrogens with zero attached hydrogens (tertiary/aromatic N) is 1. The lowest BCUT2D eigenvalue weighted by atomic mass is 9.80. The van der Waals surface area contributed by atoms with Crippen LogP contribution in [0.4, 0.5) is 0 Å². The Morgan fingerprint density at radius 2 is 1.95 bits per heavy atom. The topological polar surface area (TPSA) is 41.6 Å². The number of amides is 1. The van der Waals surface area contributed by atoms with Gasteiger partial charge >= 0.3 is 0 Å². The minimum atomic E-state index is 0.269. The molecule has 2 aliphatic heterocycles. The number of nitrogens with one attached hydrogen (secondary N) is 1. The molecule has 0 aromatic rings. The summed E-state index contributed by atoms with van der Waals surface area (Å²) in [5.74, 6) is 0.905. The van der Waals surface area contributed by atoms with E-state index < -0.39 is 0 Å². The van der Waals surface area contributed by atoms with Crippen molar-refractivity contribution in [1.82, 2.24) is 10.2 Å². The molecular weight excluding hydrogens is 252 g/mol. The van der Waals surface area contributed by atoms with E-state index in [1.807, 2.05) is 4.90 Å². The Hall–Kier alpha value is -0.610. The quantitative estimate of drug-likeness (QED) is 0.858. The third-order valence-electron chi connectivity index (χ3n) is 4.72. The van der Waals surface area contributed by atoms with E-state index in [1.165, 1.54) is 0 Å². The Balaban J connectivity index is 1.65. The summed E-state index contributed by atoms with van der Waals surface area (Å²) in [6.45, 7) is 11.3. The molecule has 4 nitrogen and oxygen atoms in total. The lowest BCUT2D eigenvalue weighted by Gasteiger charge is -2.27. The molecule has 116 valence electrons. The lowest BCUT2D eigenvalue weighted by Crippen LogP contribution is -2.34. The second-order valence-corrected chi connectivity index (χ2v) is 7.26. The number of likely N-dealkylation sites (tertiary alicyclic amines) is 1. The third kappa shape index (κ3) is 4.45. The predicted molar refractivity (Wildman–Crippen MR) is 80.6 cm³/mol. The summed E-state index contributed by atoms with van der Waals surface area (Å²) >= 11 is 0. The molecule has 2 saturated heterocycles. The first kappa shape index (κ1) is 15.8. The lowest BCUT2D eigenvalue weighted by molar-refractivity contribution is -0.132. The summed E-state index contributed by atoms with van der Waals surface area (Å²) in [7, 11) is 0. The van der Waals surface area contributed by atoms with Gasteiger partial charge in [-0.2, -0.15) is 0 Å². The van der Waals surface area contributed by atoms with Crippen molar-refractivity contribution in [3.05, 3.63) is 0 Å². The number of ether oxygens (including phenoxy) is 1. The van der Waals surface area contributed by atoms with Crippen molar-refractivity contribution in [2.24, 2.45) is 11.3 Å². The smallest absolute Gasteiger partial charge is 0.224 e. The number of piperidine rings is 1. The number of rotatable bonds is 4. The molecule has 1 amide bonds. The highest BCUT2D eigenvalue weighted by Crippen LogP contribution is 2.33. The molecule has 4 heteroatoms. The van der Waals surface area contributed by atoms with Gasteiger partial charge < -0.3 is 15.0 Å². The largest absolute Gasteiger partial charge is 0.378 e. The maximum absolute atomic E-state index is 12.2. The van der Waals surface area contributed by atoms with Crippen molar-refractivity contribution >= 4 is 5.91 Å². The van der Waals surface area contributed by atoms with Gasteiger partial charge in [0.1, 0.15) is 0 Å². The average molecular weight is 282 g/mol. The highest BCUT2D eigenvalue weighted by atomic mass is 16.5. The molecule has 0 spiro atoms. The maximum Gasteiger partial charge on any atom is 0.224 e. The van der Waals surface area contributed by atoms with Crippen LogP contribution < -0.4 is 5.32 Å². The Morgan fingerprint density at radius 1 is 1.25 bits per heavy atom. The number of hydrogen-bond acceptors (Lipinski definition) is 3. The van der Waals surface area contributed by atoms with Crippen molar-refractivity contribution in [1.29, 1.82) is 0 Å². The van der Waals surface area contributed by atoms with Crippen LogP contribution in [0.2, 0.25) is 0 Å². The second kappa shape index (κ2) is 6.90. The van der Waals surface area contributed by atoms with Crippen LogP contribution in [0.15, 0.2) is 0 Å². The summed E-state index contributed by atoms with van der Waals surface area (Å²) in [6, 6.07) is 0. The van der Waals surface area contributed by atoms with E-state index in [9.17, 15) is 4.79 Å². The van der Waals surface area contributed by atoms with Crippen LogP contribution in [0.1, 0.15) is 46.5 Å². The number of carbonyl (C=O) groups is 1. The number of hydrogen-bond donors (Lipinski definition) is 1. The van der Waals surface area contributed by atoms with Crippen LogP contribution in [0.25, 0.3) is 0 Å². The molecule has 1 atom stereocenters. The van der Waals surface area contributed by atoms with Gasteiger partial charge in [0, 0.05) is 13.1 Å². The molecular formula is C16H30N2O2. The Kier molecular flexibility index (Phi) is 5.44. The van der Waals surface area contributed by atoms with Gasteiger partial charge in [-0.25, -0.2) is 0 Å². The molecule has 20 heavy (non-hydrogen) atoms. The average Bonchev–Trinajstić information content (AvgIpc) is 2.89. The van der Waals surface area contributed by atoms with Crippen molar-refractivity contribution in [3.8, 4) is 0 Å². The molecule has 1 unspecified atom stereocenters. The van der Waals surface area contributed by atoms with Gasteiger partial charge in [-0.05, 0) is 43.7 Å². The van der Waals surface area contributed by atoms with Gasteiger partial charge in [-0.15, -0.1) is 0 Å². The second-order valence-electron chi connectivity index (χ2n) is 7.26. The van der Waals surface area contributed by atoms with Crippen LogP contribution in [-0.2, 0) is 9.53 Å². The highest BCUT2D eigenvalue weighted by molar-refractivity contribution is 5.76. The first-order chi connectivity index (χ1) is 9.47. The van der Waals surface area contributed by atoms with Crippen molar-refractivity contribution in [3.63, 3.8) is 0 Å². The molecule has 1 N–H and O–H groups in total. The molecule has 0 aliphatic carbocycles. The van der Waals surface area contributed by atoms with E-state index in [2.05, 4.69) is 26.1 Å². The monoisotopic (exact) mass is 282 g/mol. The minimum absolute atomic E-state index is 0.269. The summed E-state index contributed by atoms with van der Waals surface area (Å²) in [5, 5.41) is 3.32. The molecule has 0 aromatic heterocycles. The SMILES string of the molecule is CC(C)(C)C1CCN(C(=O)CCOC2CCNCC2)C1. The van der Waals surface area contributed by atoms with Crippen LogP contribution >= 0.6 is 0 Å². The van der Waals surface area contributed by atoms with E-state index in [4.69, 9.17) is 4.74 Å². The van der Waals surface area contributed by atoms with Crippen LogP contribution in [0.3, 0.4) is 0 Å². The summed E-state index contributed by atoms with van der Waals surface area (Å²) in [5.41, 5.74) is 0.306. The zero-order chi connectivity index (χ0) is 14.6. The summed E-state index contributed by atoms with van der Waals surface area (Å²) in [6.07, 6.45) is 4.18. The fraction of sp³-hybridized carbons (Fsp3) is 0.938. The van der Waals surface area contributed by atoms with Gasteiger partial charge in [0.2, 0.25) is 5.91 Å². The van der Waals surface area contributed by atoms with Gasteiger partial charge in [-0.1, -0.05) is 20.8 Å². The van der Waals surface area contributed by atoms with Crippen LogP contribution in [0, 0.1) is 11.3 Å². The van der Waals surface area contributed by atoms with E-state index in [0.29, 0.717) is 30.5 Å². The predicted octanol–water partition coefficient (Wildman–Crippen LogP) is 2.04. The Labute approximate surface area is 123 Å². The molecule has 2 rings (SSSR count). The Morgan fingerprint density at radius 3 is 2.55 bits per heavy atom. The molecule has 2 heterocycles. The zero-order valence-corrected chi connectivity index (χ0v) is 13.3. The molecule has 0 bridgehead atoms. The van der Waals surface area contributed by atoms with Crippen LogP contribution in [0.5, 0.6) is 0 Å². The third-order valence-corrected chi connectivity index (χ3v) is 4.72. The van der Waals surface area contributed by atoms with Gasteiger partial charge in [0.05, 0.1) is 19.1 Å². The van der Waals surface area contributed by atoms with Gasteiger partial charge in [0.15, 0.2) is 0 Å². The molecule has 0 aromatic carbocycles. The van der Waals surface area contributed by atoms with Gasteiger partial charge in [0.25, 0.3) is 0 Å². The molecule has 0 saturated carbocycles. The highest BCUT2D eigenvalue weighted by Gasteiger charge is 2.33. The zero-order valence-electron chi connectivity index (χ0n) is 13.3. The first-order valence-electron chi connectivity index (χ1n) is 8.07. The van der Waals surface area contributed by atoms with Gasteiger partial charge in [-0.3, -0.25) is 4.79 Å². The maximum atomic E-state index is 12.2. The van der Waals surface area contributed by atoms with Crippen molar-refractivity contribution < 1.29 is 9.53 Å². The van der Waals surface area contributed by atoms with E-state index >= 15 is 0 Å². The minimum Gasteiger partial charge on any atom is -0.378 e. The fourth-order valence-electron chi connectivity index (χ4n) is 3.13. The van der Waals surface area contributed by atoms with E-state index in [-0.39, 0.29) is 5.91 Å². The van der Waals surface area contributed by atoms with E-state index in [1.54, 1.807) is 0 Å². The first-order valence-corrected chi connectivity index (χ1v) is 8.07. The summed E-state index contributed by atoms with van der Waals surface area (Å²) < 4.78 is 5.82. The fourth-order valence-corrected chi connectivity index (χ4v) is 3.13. The number of carbonyl (C=O) groups excluding carboxylic acids is 1. The van der Waals surface area contributed by atoms with Crippen molar-refractivity contribution in [2.45, 2.75) is 52.6 Å². The van der Waals surface area contributed by atoms with Crippen LogP contribution in [-0.4, -0.2) is 49.7 Å². The Bertz CT molecular complexity index is 319. The van der Waals surface area contributed by atoms with Crippen molar-refractivity contribution in [2.75, 3.05) is 32.8 Å². The molecule has 2 aliphatic rings. The standard InChI is InChI=1S/C16H30N2O2/c1-16(2,3)13-6-10-18(12-13)15(19)7-11-20-14-4-8-17-9-5-14/h13-14,17H,4-12H2,1-3H3. The molecule has 0 radical (unpaired) electrons.